The van der Waals surface area contributed by atoms with Crippen LogP contribution in [0.3, 0.4) is 0 Å². The summed E-state index contributed by atoms with van der Waals surface area (Å²) in [5.41, 5.74) is 3.97. The van der Waals surface area contributed by atoms with Crippen molar-refractivity contribution in [1.82, 2.24) is 5.32 Å². The minimum Gasteiger partial charge on any atom is -0.493 e. The van der Waals surface area contributed by atoms with Gasteiger partial charge in [0.05, 0.1) is 6.61 Å². The van der Waals surface area contributed by atoms with Crippen molar-refractivity contribution in [3.63, 3.8) is 0 Å². The Morgan fingerprint density at radius 2 is 1.85 bits per heavy atom. The number of rotatable bonds is 7. The second-order valence-electron chi connectivity index (χ2n) is 7.74. The van der Waals surface area contributed by atoms with Crippen LogP contribution in [0.2, 0.25) is 0 Å². The molecule has 2 aliphatic carbocycles. The number of hydrogen-bond donors (Lipinski definition) is 1. The molecule has 0 spiro atoms. The average molecular weight is 363 g/mol. The number of benzene rings is 2. The maximum absolute atomic E-state index is 12.4. The number of carbonyl (C=O) groups excluding carboxylic acids is 2. The van der Waals surface area contributed by atoms with E-state index in [-0.39, 0.29) is 5.91 Å². The van der Waals surface area contributed by atoms with Crippen molar-refractivity contribution >= 4 is 12.2 Å². The Bertz CT molecular complexity index is 824. The zero-order chi connectivity index (χ0) is 18.6. The average Bonchev–Trinajstić information content (AvgIpc) is 3.55. The van der Waals surface area contributed by atoms with Gasteiger partial charge in [-0.05, 0) is 85.4 Å². The number of ether oxygens (including phenoxy) is 1. The fourth-order valence-corrected chi connectivity index (χ4v) is 3.64. The lowest BCUT2D eigenvalue weighted by molar-refractivity contribution is 0.0945. The number of carbonyl (C=O) groups is 2. The maximum Gasteiger partial charge on any atom is 0.251 e. The Hall–Kier alpha value is -2.62. The zero-order valence-electron chi connectivity index (χ0n) is 15.4. The predicted molar refractivity (Wildman–Crippen MR) is 104 cm³/mol. The van der Waals surface area contributed by atoms with E-state index in [2.05, 4.69) is 5.32 Å². The van der Waals surface area contributed by atoms with E-state index in [1.54, 1.807) is 0 Å². The fraction of sp³-hybridized carbons (Fsp3) is 0.391. The van der Waals surface area contributed by atoms with Gasteiger partial charge in [-0.3, -0.25) is 9.59 Å². The summed E-state index contributed by atoms with van der Waals surface area (Å²) in [7, 11) is 0. The Morgan fingerprint density at radius 1 is 1.04 bits per heavy atom. The summed E-state index contributed by atoms with van der Waals surface area (Å²) in [6.45, 7) is 1.46. The molecule has 0 bridgehead atoms. The van der Waals surface area contributed by atoms with E-state index in [4.69, 9.17) is 4.74 Å². The highest BCUT2D eigenvalue weighted by atomic mass is 16.5. The molecule has 2 aliphatic rings. The molecule has 140 valence electrons. The van der Waals surface area contributed by atoms with Crippen LogP contribution in [0.25, 0.3) is 0 Å². The van der Waals surface area contributed by atoms with E-state index in [1.165, 1.54) is 24.0 Å². The van der Waals surface area contributed by atoms with E-state index in [0.29, 0.717) is 18.0 Å². The minimum absolute atomic E-state index is 0.0363. The molecule has 4 nitrogen and oxygen atoms in total. The van der Waals surface area contributed by atoms with Crippen LogP contribution in [0.15, 0.2) is 42.5 Å². The van der Waals surface area contributed by atoms with Crippen LogP contribution in [-0.2, 0) is 12.8 Å². The van der Waals surface area contributed by atoms with Crippen LogP contribution in [0.1, 0.15) is 51.1 Å². The summed E-state index contributed by atoms with van der Waals surface area (Å²) in [4.78, 5) is 23.3. The fourth-order valence-electron chi connectivity index (χ4n) is 3.64. The molecule has 0 aliphatic heterocycles. The van der Waals surface area contributed by atoms with Gasteiger partial charge in [0.25, 0.3) is 5.91 Å². The van der Waals surface area contributed by atoms with Crippen molar-refractivity contribution in [3.8, 4) is 5.75 Å². The summed E-state index contributed by atoms with van der Waals surface area (Å²) in [5, 5.41) is 3.07. The first-order chi connectivity index (χ1) is 13.2. The number of fused-ring (bicyclic) bond motifs is 1. The Labute approximate surface area is 159 Å². The van der Waals surface area contributed by atoms with Crippen molar-refractivity contribution in [2.24, 2.45) is 11.8 Å². The van der Waals surface area contributed by atoms with Gasteiger partial charge in [-0.15, -0.1) is 0 Å². The maximum atomic E-state index is 12.4. The van der Waals surface area contributed by atoms with Crippen LogP contribution >= 0.6 is 0 Å². The van der Waals surface area contributed by atoms with Gasteiger partial charge < -0.3 is 10.1 Å². The van der Waals surface area contributed by atoms with Crippen LogP contribution in [0.4, 0.5) is 0 Å². The summed E-state index contributed by atoms with van der Waals surface area (Å²) >= 11 is 0. The highest BCUT2D eigenvalue weighted by Crippen LogP contribution is 2.29. The van der Waals surface area contributed by atoms with E-state index >= 15 is 0 Å². The first kappa shape index (κ1) is 17.8. The molecular formula is C23H25NO3. The normalized spacial score (nSPS) is 18.4. The van der Waals surface area contributed by atoms with Crippen molar-refractivity contribution < 1.29 is 14.3 Å². The molecule has 1 atom stereocenters. The SMILES string of the molecule is O=Cc1ccc2c(c1)CCC(CNC(=O)c1ccc(OCC3CC3)cc1)C2. The van der Waals surface area contributed by atoms with E-state index in [1.807, 2.05) is 42.5 Å². The van der Waals surface area contributed by atoms with Crippen LogP contribution in [0.5, 0.6) is 5.75 Å². The van der Waals surface area contributed by atoms with Crippen LogP contribution in [-0.4, -0.2) is 25.3 Å². The van der Waals surface area contributed by atoms with Gasteiger partial charge in [0.15, 0.2) is 0 Å². The van der Waals surface area contributed by atoms with Gasteiger partial charge in [-0.25, -0.2) is 0 Å². The lowest BCUT2D eigenvalue weighted by Crippen LogP contribution is -2.32. The Kier molecular flexibility index (Phi) is 5.23. The van der Waals surface area contributed by atoms with Crippen molar-refractivity contribution in [2.45, 2.75) is 32.1 Å². The first-order valence-electron chi connectivity index (χ1n) is 9.79. The molecule has 0 heterocycles. The second-order valence-corrected chi connectivity index (χ2v) is 7.74. The molecule has 0 aromatic heterocycles. The molecule has 1 fully saturated rings. The second kappa shape index (κ2) is 7.95. The Morgan fingerprint density at radius 3 is 2.59 bits per heavy atom. The first-order valence-corrected chi connectivity index (χ1v) is 9.79. The Balaban J connectivity index is 1.28. The largest absolute Gasteiger partial charge is 0.493 e. The highest BCUT2D eigenvalue weighted by molar-refractivity contribution is 5.94. The van der Waals surface area contributed by atoms with Gasteiger partial charge in [0.1, 0.15) is 12.0 Å². The zero-order valence-corrected chi connectivity index (χ0v) is 15.4. The predicted octanol–water partition coefficient (Wildman–Crippen LogP) is 3.82. The molecule has 1 saturated carbocycles. The summed E-state index contributed by atoms with van der Waals surface area (Å²) in [6.07, 6.45) is 6.38. The molecule has 2 aromatic carbocycles. The molecule has 1 amide bonds. The van der Waals surface area contributed by atoms with E-state index < -0.39 is 0 Å². The molecule has 2 aromatic rings. The van der Waals surface area contributed by atoms with E-state index in [9.17, 15) is 9.59 Å². The molecule has 4 rings (SSSR count). The van der Waals surface area contributed by atoms with Crippen molar-refractivity contribution in [1.29, 1.82) is 0 Å². The molecule has 0 radical (unpaired) electrons. The van der Waals surface area contributed by atoms with Crippen LogP contribution in [0, 0.1) is 11.8 Å². The number of nitrogens with one attached hydrogen (secondary N) is 1. The third-order valence-corrected chi connectivity index (χ3v) is 5.55. The highest BCUT2D eigenvalue weighted by Gasteiger charge is 2.22. The molecular weight excluding hydrogens is 338 g/mol. The minimum atomic E-state index is -0.0363. The third-order valence-electron chi connectivity index (χ3n) is 5.55. The van der Waals surface area contributed by atoms with Crippen LogP contribution < -0.4 is 10.1 Å². The third kappa shape index (κ3) is 4.57. The van der Waals surface area contributed by atoms with Gasteiger partial charge in [-0.2, -0.15) is 0 Å². The topological polar surface area (TPSA) is 55.4 Å². The number of aldehydes is 1. The molecule has 0 saturated heterocycles. The lowest BCUT2D eigenvalue weighted by Gasteiger charge is -2.25. The molecule has 1 N–H and O–H groups in total. The summed E-state index contributed by atoms with van der Waals surface area (Å²) in [6, 6.07) is 13.3. The smallest absolute Gasteiger partial charge is 0.251 e. The van der Waals surface area contributed by atoms with E-state index in [0.717, 1.165) is 49.4 Å². The molecule has 1 unspecified atom stereocenters. The lowest BCUT2D eigenvalue weighted by atomic mass is 9.83. The molecule has 27 heavy (non-hydrogen) atoms. The van der Waals surface area contributed by atoms with Gasteiger partial charge in [0.2, 0.25) is 0 Å². The van der Waals surface area contributed by atoms with Gasteiger partial charge in [-0.1, -0.05) is 12.1 Å². The molecule has 4 heteroatoms. The number of amides is 1. The number of aryl methyl sites for hydroxylation is 1. The monoisotopic (exact) mass is 363 g/mol. The van der Waals surface area contributed by atoms with Gasteiger partial charge in [0, 0.05) is 17.7 Å². The van der Waals surface area contributed by atoms with Crippen molar-refractivity contribution in [2.75, 3.05) is 13.2 Å². The van der Waals surface area contributed by atoms with Gasteiger partial charge >= 0.3 is 0 Å². The summed E-state index contributed by atoms with van der Waals surface area (Å²) in [5.74, 6) is 1.95. The standard InChI is InChI=1S/C23H25NO3/c25-14-18-4-6-20-11-17(3-5-21(20)12-18)13-24-23(26)19-7-9-22(10-8-19)27-15-16-1-2-16/h4,6-10,12,14,16-17H,1-3,5,11,13,15H2,(H,24,26). The summed E-state index contributed by atoms with van der Waals surface area (Å²) < 4.78 is 5.72. The van der Waals surface area contributed by atoms with Crippen molar-refractivity contribution in [3.05, 3.63) is 64.7 Å². The number of hydrogen-bond acceptors (Lipinski definition) is 3. The quantitative estimate of drug-likeness (QED) is 0.761.